The van der Waals surface area contributed by atoms with Crippen LogP contribution in [0.5, 0.6) is 5.75 Å². The highest BCUT2D eigenvalue weighted by Crippen LogP contribution is 2.35. The normalized spacial score (nSPS) is 15.3. The molecule has 0 unspecified atom stereocenters. The van der Waals surface area contributed by atoms with Crippen LogP contribution in [-0.2, 0) is 16.1 Å². The van der Waals surface area contributed by atoms with Crippen LogP contribution in [-0.4, -0.2) is 39.7 Å². The van der Waals surface area contributed by atoms with E-state index in [2.05, 4.69) is 20.5 Å². The van der Waals surface area contributed by atoms with Gasteiger partial charge in [0.05, 0.1) is 23.9 Å². The minimum Gasteiger partial charge on any atom is -0.483 e. The van der Waals surface area contributed by atoms with Gasteiger partial charge in [0.25, 0.3) is 11.8 Å². The molecule has 40 heavy (non-hydrogen) atoms. The molecule has 1 fully saturated rings. The van der Waals surface area contributed by atoms with E-state index in [1.54, 1.807) is 91.6 Å². The molecule has 11 heteroatoms. The Morgan fingerprint density at radius 3 is 2.73 bits per heavy atom. The summed E-state index contributed by atoms with van der Waals surface area (Å²) in [5.74, 6) is 0.468. The fourth-order valence-corrected chi connectivity index (χ4v) is 4.68. The van der Waals surface area contributed by atoms with E-state index >= 15 is 0 Å². The van der Waals surface area contributed by atoms with E-state index in [9.17, 15) is 9.59 Å². The van der Waals surface area contributed by atoms with Gasteiger partial charge in [0, 0.05) is 34.2 Å². The molecule has 9 nitrogen and oxygen atoms in total. The Hall–Kier alpha value is -4.67. The number of ether oxygens (including phenoxy) is 1. The van der Waals surface area contributed by atoms with Crippen LogP contribution in [0.25, 0.3) is 6.08 Å². The second-order valence-corrected chi connectivity index (χ2v) is 9.82. The van der Waals surface area contributed by atoms with Gasteiger partial charge in [-0.05, 0) is 66.4 Å². The first kappa shape index (κ1) is 26.9. The smallest absolute Gasteiger partial charge is 0.267 e. The lowest BCUT2D eigenvalue weighted by Gasteiger charge is -2.12. The topological polar surface area (TPSA) is 109 Å². The number of halogens is 1. The molecule has 0 radical (unpaired) electrons. The third kappa shape index (κ3) is 7.04. The number of amides is 2. The lowest BCUT2D eigenvalue weighted by atomic mass is 10.2. The fourth-order valence-electron chi connectivity index (χ4n) is 3.62. The summed E-state index contributed by atoms with van der Waals surface area (Å²) in [6, 6.07) is 21.1. The average Bonchev–Trinajstić information content (AvgIpc) is 3.59. The van der Waals surface area contributed by atoms with Gasteiger partial charge in [-0.15, -0.1) is 5.10 Å². The maximum atomic E-state index is 13.4. The summed E-state index contributed by atoms with van der Waals surface area (Å²) < 4.78 is 11.3. The molecule has 1 aliphatic rings. The Morgan fingerprint density at radius 1 is 1.10 bits per heavy atom. The zero-order valence-electron chi connectivity index (χ0n) is 20.9. The monoisotopic (exact) mass is 571 g/mol. The summed E-state index contributed by atoms with van der Waals surface area (Å²) >= 11 is 7.08. The van der Waals surface area contributed by atoms with Crippen molar-refractivity contribution >= 4 is 58.3 Å². The molecule has 0 aliphatic carbocycles. The average molecular weight is 572 g/mol. The third-order valence-electron chi connectivity index (χ3n) is 5.51. The zero-order valence-corrected chi connectivity index (χ0v) is 22.5. The first-order valence-electron chi connectivity index (χ1n) is 12.1. The van der Waals surface area contributed by atoms with Crippen molar-refractivity contribution in [2.24, 2.45) is 10.2 Å². The molecule has 1 aliphatic heterocycles. The van der Waals surface area contributed by atoms with Gasteiger partial charge in [0.2, 0.25) is 0 Å². The van der Waals surface area contributed by atoms with Crippen molar-refractivity contribution in [2.75, 3.05) is 11.9 Å². The second-order valence-electron chi connectivity index (χ2n) is 8.38. The highest BCUT2D eigenvalue weighted by Gasteiger charge is 2.34. The number of hydrogen-bond acceptors (Lipinski definition) is 8. The van der Waals surface area contributed by atoms with Crippen molar-refractivity contribution in [3.8, 4) is 5.75 Å². The Bertz CT molecular complexity index is 1570. The Balaban J connectivity index is 1.33. The molecule has 200 valence electrons. The summed E-state index contributed by atoms with van der Waals surface area (Å²) in [7, 11) is 0. The van der Waals surface area contributed by atoms with Crippen molar-refractivity contribution in [1.82, 2.24) is 9.88 Å². The number of amidine groups is 1. The standard InChI is InChI=1S/C29H22ClN5O4S/c30-22-9-11-23(12-10-22)33-27(36)19-39-25-8-2-1-6-21(25)15-26-28(37)35(18-24-7-4-14-38-24)29(40-26)34-32-17-20-5-3-13-31-16-20/h1-17H,18-19H2,(H,33,36)/b26-15-,32-17-,34-29+. The number of aromatic nitrogens is 1. The minimum atomic E-state index is -0.332. The van der Waals surface area contributed by atoms with Gasteiger partial charge in [-0.3, -0.25) is 19.5 Å². The molecular formula is C29H22ClN5O4S. The van der Waals surface area contributed by atoms with Gasteiger partial charge in [0.1, 0.15) is 11.5 Å². The Kier molecular flexibility index (Phi) is 8.69. The van der Waals surface area contributed by atoms with E-state index in [0.29, 0.717) is 37.9 Å². The molecule has 2 aromatic carbocycles. The molecular weight excluding hydrogens is 550 g/mol. The maximum Gasteiger partial charge on any atom is 0.267 e. The van der Waals surface area contributed by atoms with Crippen molar-refractivity contribution < 1.29 is 18.7 Å². The molecule has 4 aromatic rings. The van der Waals surface area contributed by atoms with Gasteiger partial charge in [-0.2, -0.15) is 5.10 Å². The van der Waals surface area contributed by atoms with Crippen molar-refractivity contribution in [2.45, 2.75) is 6.54 Å². The van der Waals surface area contributed by atoms with Gasteiger partial charge >= 0.3 is 0 Å². The van der Waals surface area contributed by atoms with Crippen LogP contribution in [0.1, 0.15) is 16.9 Å². The summed E-state index contributed by atoms with van der Waals surface area (Å²) in [5, 5.41) is 12.2. The SMILES string of the molecule is O=C(COc1ccccc1/C=C1\S/C(=N/N=C\c2cccnc2)N(Cc2ccco2)C1=O)Nc1ccc(Cl)cc1. The number of carbonyl (C=O) groups excluding carboxylic acids is 2. The van der Waals surface area contributed by atoms with Crippen LogP contribution in [0, 0.1) is 0 Å². The number of anilines is 1. The summed E-state index contributed by atoms with van der Waals surface area (Å²) in [6.07, 6.45) is 8.16. The van der Waals surface area contributed by atoms with Crippen molar-refractivity contribution in [3.05, 3.63) is 118 Å². The highest BCUT2D eigenvalue weighted by atomic mass is 35.5. The molecule has 2 amide bonds. The number of thioether (sulfide) groups is 1. The number of nitrogens with zero attached hydrogens (tertiary/aromatic N) is 4. The molecule has 0 bridgehead atoms. The fraction of sp³-hybridized carbons (Fsp3) is 0.0690. The number of para-hydroxylation sites is 1. The molecule has 5 rings (SSSR count). The van der Waals surface area contributed by atoms with Gasteiger partial charge < -0.3 is 14.5 Å². The number of pyridine rings is 1. The first-order valence-corrected chi connectivity index (χ1v) is 13.3. The Morgan fingerprint density at radius 2 is 1.95 bits per heavy atom. The number of rotatable bonds is 9. The van der Waals surface area contributed by atoms with Crippen LogP contribution in [0.2, 0.25) is 5.02 Å². The van der Waals surface area contributed by atoms with Gasteiger partial charge in [-0.1, -0.05) is 35.9 Å². The van der Waals surface area contributed by atoms with Crippen LogP contribution in [0.15, 0.2) is 111 Å². The van der Waals surface area contributed by atoms with Crippen LogP contribution in [0.4, 0.5) is 5.69 Å². The van der Waals surface area contributed by atoms with E-state index in [0.717, 1.165) is 5.56 Å². The van der Waals surface area contributed by atoms with Gasteiger partial charge in [-0.25, -0.2) is 0 Å². The quantitative estimate of drug-likeness (QED) is 0.153. The predicted octanol–water partition coefficient (Wildman–Crippen LogP) is 5.85. The summed E-state index contributed by atoms with van der Waals surface area (Å²) in [5.41, 5.74) is 2.02. The van der Waals surface area contributed by atoms with E-state index in [1.807, 2.05) is 12.1 Å². The highest BCUT2D eigenvalue weighted by molar-refractivity contribution is 8.18. The first-order chi connectivity index (χ1) is 19.5. The molecule has 1 saturated heterocycles. The molecule has 3 heterocycles. The van der Waals surface area contributed by atoms with E-state index < -0.39 is 0 Å². The molecule has 0 saturated carbocycles. The predicted molar refractivity (Wildman–Crippen MR) is 156 cm³/mol. The van der Waals surface area contributed by atoms with Gasteiger partial charge in [0.15, 0.2) is 11.8 Å². The number of carbonyl (C=O) groups is 2. The largest absolute Gasteiger partial charge is 0.483 e. The summed E-state index contributed by atoms with van der Waals surface area (Å²) in [4.78, 5) is 31.8. The number of furan rings is 1. The molecule has 0 spiro atoms. The third-order valence-corrected chi connectivity index (χ3v) is 6.76. The lowest BCUT2D eigenvalue weighted by Crippen LogP contribution is -2.28. The Labute approximate surface area is 239 Å². The van der Waals surface area contributed by atoms with E-state index in [-0.39, 0.29) is 25.0 Å². The number of benzene rings is 2. The maximum absolute atomic E-state index is 13.4. The van der Waals surface area contributed by atoms with Crippen molar-refractivity contribution in [3.63, 3.8) is 0 Å². The number of hydrogen-bond donors (Lipinski definition) is 1. The summed E-state index contributed by atoms with van der Waals surface area (Å²) in [6.45, 7) is -0.0231. The van der Waals surface area contributed by atoms with Crippen LogP contribution < -0.4 is 10.1 Å². The lowest BCUT2D eigenvalue weighted by molar-refractivity contribution is -0.122. The molecule has 0 atom stereocenters. The minimum absolute atomic E-state index is 0.195. The van der Waals surface area contributed by atoms with Crippen molar-refractivity contribution in [1.29, 1.82) is 0 Å². The number of nitrogens with one attached hydrogen (secondary N) is 1. The van der Waals surface area contributed by atoms with Crippen LogP contribution >= 0.6 is 23.4 Å². The second kappa shape index (κ2) is 12.9. The molecule has 1 N–H and O–H groups in total. The molecule has 2 aromatic heterocycles. The van der Waals surface area contributed by atoms with E-state index in [1.165, 1.54) is 16.7 Å². The van der Waals surface area contributed by atoms with E-state index in [4.69, 9.17) is 20.8 Å². The van der Waals surface area contributed by atoms with Crippen LogP contribution in [0.3, 0.4) is 0 Å². The zero-order chi connectivity index (χ0) is 27.7.